The van der Waals surface area contributed by atoms with Crippen LogP contribution in [0, 0.1) is 0 Å². The van der Waals surface area contributed by atoms with E-state index in [-0.39, 0.29) is 0 Å². The summed E-state index contributed by atoms with van der Waals surface area (Å²) in [6.45, 7) is 14.3. The highest BCUT2D eigenvalue weighted by molar-refractivity contribution is 4.93. The van der Waals surface area contributed by atoms with E-state index in [9.17, 15) is 0 Å². The first-order valence-corrected chi connectivity index (χ1v) is 5.23. The van der Waals surface area contributed by atoms with Gasteiger partial charge in [0.15, 0.2) is 0 Å². The predicted octanol–water partition coefficient (Wildman–Crippen LogP) is 3.57. The second-order valence-electron chi connectivity index (χ2n) is 1.69. The standard InChI is InChI=1S/C5H9N.3C2H6/c1-6-4-2-3-5-6;3*1-2/h2-3H,4-5H2,1H3;3*1-2H3. The lowest BCUT2D eigenvalue weighted by Gasteiger charge is -2.01. The largest absolute Gasteiger partial charge is 0.299 e. The normalized spacial score (nSPS) is 12.9. The number of rotatable bonds is 0. The van der Waals surface area contributed by atoms with Crippen LogP contribution in [-0.2, 0) is 0 Å². The van der Waals surface area contributed by atoms with Crippen molar-refractivity contribution < 1.29 is 0 Å². The molecule has 1 nitrogen and oxygen atoms in total. The Morgan fingerprint density at radius 3 is 1.08 bits per heavy atom. The Kier molecular flexibility index (Phi) is 33.1. The number of hydrogen-bond donors (Lipinski definition) is 0. The molecule has 0 saturated carbocycles. The van der Waals surface area contributed by atoms with Crippen molar-refractivity contribution in [2.24, 2.45) is 0 Å². The van der Waals surface area contributed by atoms with Crippen LogP contribution in [0.2, 0.25) is 0 Å². The molecule has 1 heteroatoms. The number of hydrogen-bond acceptors (Lipinski definition) is 1. The van der Waals surface area contributed by atoms with Crippen LogP contribution in [0.15, 0.2) is 12.2 Å². The lowest BCUT2D eigenvalue weighted by Crippen LogP contribution is -2.11. The van der Waals surface area contributed by atoms with Crippen molar-refractivity contribution in [1.29, 1.82) is 0 Å². The Hall–Kier alpha value is -0.300. The molecule has 0 N–H and O–H groups in total. The van der Waals surface area contributed by atoms with Crippen LogP contribution in [0.1, 0.15) is 41.5 Å². The summed E-state index contributed by atoms with van der Waals surface area (Å²) in [7, 11) is 2.11. The molecule has 0 spiro atoms. The van der Waals surface area contributed by atoms with Gasteiger partial charge in [0.1, 0.15) is 0 Å². The molecule has 1 aliphatic heterocycles. The van der Waals surface area contributed by atoms with Gasteiger partial charge in [-0.3, -0.25) is 4.90 Å². The summed E-state index contributed by atoms with van der Waals surface area (Å²) in [6, 6.07) is 0. The topological polar surface area (TPSA) is 3.24 Å². The molecule has 0 amide bonds. The zero-order valence-electron chi connectivity index (χ0n) is 10.0. The van der Waals surface area contributed by atoms with E-state index in [4.69, 9.17) is 0 Å². The van der Waals surface area contributed by atoms with Gasteiger partial charge in [-0.1, -0.05) is 53.7 Å². The highest BCUT2D eigenvalue weighted by Gasteiger charge is 1.94. The highest BCUT2D eigenvalue weighted by atomic mass is 15.1. The highest BCUT2D eigenvalue weighted by Crippen LogP contribution is 1.91. The van der Waals surface area contributed by atoms with Crippen LogP contribution < -0.4 is 0 Å². The monoisotopic (exact) mass is 173 g/mol. The fourth-order valence-corrected chi connectivity index (χ4v) is 0.583. The quantitative estimate of drug-likeness (QED) is 0.506. The number of nitrogens with zero attached hydrogens (tertiary/aromatic N) is 1. The van der Waals surface area contributed by atoms with Crippen molar-refractivity contribution in [3.05, 3.63) is 12.2 Å². The summed E-state index contributed by atoms with van der Waals surface area (Å²) in [6.07, 6.45) is 4.36. The van der Waals surface area contributed by atoms with Gasteiger partial charge in [-0.25, -0.2) is 0 Å². The first-order chi connectivity index (χ1) is 5.89. The molecule has 0 aromatic carbocycles. The maximum Gasteiger partial charge on any atom is 0.0163 e. The Morgan fingerprint density at radius 1 is 0.750 bits per heavy atom. The van der Waals surface area contributed by atoms with Crippen LogP contribution in [0.4, 0.5) is 0 Å². The molecule has 1 heterocycles. The molecule has 0 bridgehead atoms. The van der Waals surface area contributed by atoms with E-state index in [1.54, 1.807) is 0 Å². The molecule has 12 heavy (non-hydrogen) atoms. The molecule has 76 valence electrons. The van der Waals surface area contributed by atoms with Gasteiger partial charge < -0.3 is 0 Å². The van der Waals surface area contributed by atoms with Gasteiger partial charge in [0.05, 0.1) is 0 Å². The van der Waals surface area contributed by atoms with E-state index in [0.717, 1.165) is 13.1 Å². The summed E-state index contributed by atoms with van der Waals surface area (Å²) >= 11 is 0. The summed E-state index contributed by atoms with van der Waals surface area (Å²) in [5, 5.41) is 0. The van der Waals surface area contributed by atoms with Crippen LogP contribution in [-0.4, -0.2) is 25.0 Å². The zero-order chi connectivity index (χ0) is 10.4. The third-order valence-electron chi connectivity index (χ3n) is 1.00. The molecule has 0 aliphatic carbocycles. The molecule has 0 aromatic rings. The maximum absolute atomic E-state index is 2.25. The zero-order valence-corrected chi connectivity index (χ0v) is 10.0. The minimum atomic E-state index is 1.14. The fourth-order valence-electron chi connectivity index (χ4n) is 0.583. The molecule has 0 atom stereocenters. The van der Waals surface area contributed by atoms with E-state index >= 15 is 0 Å². The third-order valence-corrected chi connectivity index (χ3v) is 1.00. The minimum Gasteiger partial charge on any atom is -0.299 e. The van der Waals surface area contributed by atoms with Gasteiger partial charge in [0.2, 0.25) is 0 Å². The molecule has 1 rings (SSSR count). The predicted molar refractivity (Wildman–Crippen MR) is 60.7 cm³/mol. The van der Waals surface area contributed by atoms with Crippen LogP contribution in [0.5, 0.6) is 0 Å². The lowest BCUT2D eigenvalue weighted by molar-refractivity contribution is 0.435. The first-order valence-electron chi connectivity index (χ1n) is 5.23. The second-order valence-corrected chi connectivity index (χ2v) is 1.69. The van der Waals surface area contributed by atoms with E-state index < -0.39 is 0 Å². The summed E-state index contributed by atoms with van der Waals surface area (Å²) in [5.74, 6) is 0. The molecule has 0 radical (unpaired) electrons. The van der Waals surface area contributed by atoms with Crippen molar-refractivity contribution in [2.45, 2.75) is 41.5 Å². The minimum absolute atomic E-state index is 1.14. The molecular formula is C11H27N. The van der Waals surface area contributed by atoms with Crippen LogP contribution in [0.3, 0.4) is 0 Å². The van der Waals surface area contributed by atoms with E-state index in [1.165, 1.54) is 0 Å². The van der Waals surface area contributed by atoms with E-state index in [2.05, 4.69) is 24.1 Å². The Labute approximate surface area is 79.5 Å². The summed E-state index contributed by atoms with van der Waals surface area (Å²) < 4.78 is 0. The molecule has 0 fully saturated rings. The van der Waals surface area contributed by atoms with Gasteiger partial charge in [0, 0.05) is 13.1 Å². The van der Waals surface area contributed by atoms with Crippen molar-refractivity contribution in [2.75, 3.05) is 20.1 Å². The average Bonchev–Trinajstić information content (AvgIpc) is 2.66. The Morgan fingerprint density at radius 2 is 1.00 bits per heavy atom. The first kappa shape index (κ1) is 17.7. The molecule has 0 aromatic heterocycles. The van der Waals surface area contributed by atoms with Crippen molar-refractivity contribution in [1.82, 2.24) is 4.90 Å². The van der Waals surface area contributed by atoms with Gasteiger partial charge in [-0.15, -0.1) is 0 Å². The van der Waals surface area contributed by atoms with Gasteiger partial charge in [-0.05, 0) is 7.05 Å². The van der Waals surface area contributed by atoms with E-state index in [0.29, 0.717) is 0 Å². The van der Waals surface area contributed by atoms with Crippen molar-refractivity contribution in [3.63, 3.8) is 0 Å². The van der Waals surface area contributed by atoms with E-state index in [1.807, 2.05) is 41.5 Å². The van der Waals surface area contributed by atoms with Crippen molar-refractivity contribution in [3.8, 4) is 0 Å². The van der Waals surface area contributed by atoms with Gasteiger partial charge in [0.25, 0.3) is 0 Å². The van der Waals surface area contributed by atoms with Crippen LogP contribution in [0.25, 0.3) is 0 Å². The summed E-state index contributed by atoms with van der Waals surface area (Å²) in [4.78, 5) is 2.25. The van der Waals surface area contributed by atoms with Gasteiger partial charge in [-0.2, -0.15) is 0 Å². The number of likely N-dealkylation sites (N-methyl/N-ethyl adjacent to an activating group) is 1. The lowest BCUT2D eigenvalue weighted by atomic mass is 10.6. The van der Waals surface area contributed by atoms with Crippen molar-refractivity contribution >= 4 is 0 Å². The smallest absolute Gasteiger partial charge is 0.0163 e. The molecule has 1 aliphatic rings. The second kappa shape index (κ2) is 22.4. The Balaban J connectivity index is -0.000000117. The SMILES string of the molecule is CC.CC.CC.CN1CC=CC1. The van der Waals surface area contributed by atoms with Crippen LogP contribution >= 0.6 is 0 Å². The maximum atomic E-state index is 2.25. The fraction of sp³-hybridized carbons (Fsp3) is 0.818. The summed E-state index contributed by atoms with van der Waals surface area (Å²) in [5.41, 5.74) is 0. The van der Waals surface area contributed by atoms with Gasteiger partial charge >= 0.3 is 0 Å². The molecule has 0 saturated heterocycles. The average molecular weight is 173 g/mol. The Bertz CT molecular complexity index is 59.4. The molecule has 0 unspecified atom stereocenters. The third kappa shape index (κ3) is 16.4. The molecular weight excluding hydrogens is 146 g/mol.